The zero-order valence-electron chi connectivity index (χ0n) is 17.0. The van der Waals surface area contributed by atoms with Crippen molar-refractivity contribution in [3.05, 3.63) is 78.6 Å². The molecule has 0 unspecified atom stereocenters. The van der Waals surface area contributed by atoms with E-state index in [0.29, 0.717) is 24.7 Å². The topological polar surface area (TPSA) is 73.2 Å². The van der Waals surface area contributed by atoms with Crippen LogP contribution in [0.25, 0.3) is 22.4 Å². The van der Waals surface area contributed by atoms with E-state index in [-0.39, 0.29) is 17.3 Å². The predicted molar refractivity (Wildman–Crippen MR) is 118 cm³/mol. The Balaban J connectivity index is 1.56. The number of aromatic nitrogens is 2. The fraction of sp³-hybridized carbons (Fsp3) is 0.174. The molecule has 8 heteroatoms. The average Bonchev–Trinajstić information content (AvgIpc) is 3.13. The van der Waals surface area contributed by atoms with Crippen LogP contribution in [-0.2, 0) is 16.6 Å². The number of sulfonamides is 1. The molecule has 0 amide bonds. The minimum absolute atomic E-state index is 0.171. The van der Waals surface area contributed by atoms with E-state index in [1.54, 1.807) is 24.3 Å². The van der Waals surface area contributed by atoms with Crippen LogP contribution < -0.4 is 9.46 Å². The third-order valence-electron chi connectivity index (χ3n) is 4.83. The van der Waals surface area contributed by atoms with Gasteiger partial charge in [0.2, 0.25) is 10.0 Å². The van der Waals surface area contributed by atoms with E-state index in [1.165, 1.54) is 24.3 Å². The van der Waals surface area contributed by atoms with E-state index in [0.717, 1.165) is 16.6 Å². The Labute approximate surface area is 180 Å². The summed E-state index contributed by atoms with van der Waals surface area (Å²) in [6.45, 7) is 2.92. The molecule has 1 N–H and O–H groups in total. The van der Waals surface area contributed by atoms with Gasteiger partial charge in [0, 0.05) is 18.7 Å². The van der Waals surface area contributed by atoms with Crippen molar-refractivity contribution < 1.29 is 17.5 Å². The molecule has 4 aromatic rings. The smallest absolute Gasteiger partial charge is 0.240 e. The molecular formula is C23H22FN3O3S. The Bertz CT molecular complexity index is 1280. The summed E-state index contributed by atoms with van der Waals surface area (Å²) >= 11 is 0. The van der Waals surface area contributed by atoms with Crippen molar-refractivity contribution in [1.29, 1.82) is 0 Å². The summed E-state index contributed by atoms with van der Waals surface area (Å²) in [5.41, 5.74) is 2.42. The van der Waals surface area contributed by atoms with Crippen LogP contribution in [0.4, 0.5) is 4.39 Å². The van der Waals surface area contributed by atoms with Gasteiger partial charge in [-0.05, 0) is 67.6 Å². The molecule has 0 bridgehead atoms. The van der Waals surface area contributed by atoms with Gasteiger partial charge >= 0.3 is 0 Å². The average molecular weight is 440 g/mol. The summed E-state index contributed by atoms with van der Waals surface area (Å²) in [5, 5.41) is 0. The molecule has 0 saturated heterocycles. The van der Waals surface area contributed by atoms with Gasteiger partial charge in [-0.2, -0.15) is 0 Å². The lowest BCUT2D eigenvalue weighted by molar-refractivity contribution is 0.340. The minimum atomic E-state index is -3.67. The second-order valence-electron chi connectivity index (χ2n) is 6.88. The quantitative estimate of drug-likeness (QED) is 0.446. The van der Waals surface area contributed by atoms with Gasteiger partial charge in [0.1, 0.15) is 17.4 Å². The predicted octanol–water partition coefficient (Wildman–Crippen LogP) is 4.22. The number of rotatable bonds is 8. The fourth-order valence-electron chi connectivity index (χ4n) is 3.38. The lowest BCUT2D eigenvalue weighted by atomic mass is 10.2. The summed E-state index contributed by atoms with van der Waals surface area (Å²) in [5.74, 6) is 0.950. The lowest BCUT2D eigenvalue weighted by Crippen LogP contribution is -2.27. The number of imidazole rings is 1. The highest BCUT2D eigenvalue weighted by molar-refractivity contribution is 7.89. The van der Waals surface area contributed by atoms with E-state index >= 15 is 0 Å². The normalized spacial score (nSPS) is 11.7. The van der Waals surface area contributed by atoms with Crippen molar-refractivity contribution in [3.8, 4) is 17.1 Å². The second-order valence-corrected chi connectivity index (χ2v) is 8.65. The molecule has 31 heavy (non-hydrogen) atoms. The van der Waals surface area contributed by atoms with Crippen LogP contribution in [0.3, 0.4) is 0 Å². The number of fused-ring (bicyclic) bond motifs is 1. The molecule has 0 radical (unpaired) electrons. The first-order valence-corrected chi connectivity index (χ1v) is 11.4. The van der Waals surface area contributed by atoms with Crippen LogP contribution in [0.15, 0.2) is 77.7 Å². The summed E-state index contributed by atoms with van der Waals surface area (Å²) in [6.07, 6.45) is 0. The Kier molecular flexibility index (Phi) is 6.01. The van der Waals surface area contributed by atoms with Crippen molar-refractivity contribution >= 4 is 21.1 Å². The fourth-order valence-corrected chi connectivity index (χ4v) is 4.40. The molecule has 0 aliphatic carbocycles. The standard InChI is InChI=1S/C23H22FN3O3S/c1-2-30-19-11-13-20(14-12-19)31(28,29)25-15-16-27-22-6-4-3-5-21(22)26-23(27)17-7-9-18(24)10-8-17/h3-14,25H,2,15-16H2,1H3. The number of para-hydroxylation sites is 2. The van der Waals surface area contributed by atoms with Gasteiger partial charge in [0.25, 0.3) is 0 Å². The SMILES string of the molecule is CCOc1ccc(S(=O)(=O)NCCn2c(-c3ccc(F)cc3)nc3ccccc32)cc1. The number of halogens is 1. The summed E-state index contributed by atoms with van der Waals surface area (Å²) in [4.78, 5) is 4.83. The number of ether oxygens (including phenoxy) is 1. The van der Waals surface area contributed by atoms with Gasteiger partial charge in [-0.15, -0.1) is 0 Å². The summed E-state index contributed by atoms with van der Waals surface area (Å²) in [7, 11) is -3.67. The van der Waals surface area contributed by atoms with Gasteiger partial charge in [-0.1, -0.05) is 12.1 Å². The highest BCUT2D eigenvalue weighted by Crippen LogP contribution is 2.25. The van der Waals surface area contributed by atoms with Crippen LogP contribution in [0, 0.1) is 5.82 Å². The molecule has 0 saturated carbocycles. The van der Waals surface area contributed by atoms with Gasteiger partial charge in [0.05, 0.1) is 22.5 Å². The third kappa shape index (κ3) is 4.60. The third-order valence-corrected chi connectivity index (χ3v) is 6.31. The molecule has 3 aromatic carbocycles. The van der Waals surface area contributed by atoms with Gasteiger partial charge in [-0.25, -0.2) is 22.5 Å². The highest BCUT2D eigenvalue weighted by Gasteiger charge is 2.16. The molecule has 6 nitrogen and oxygen atoms in total. The van der Waals surface area contributed by atoms with Crippen molar-refractivity contribution in [2.45, 2.75) is 18.4 Å². The minimum Gasteiger partial charge on any atom is -0.494 e. The Morgan fingerprint density at radius 1 is 1.00 bits per heavy atom. The molecule has 0 spiro atoms. The molecule has 0 atom stereocenters. The first-order chi connectivity index (χ1) is 15.0. The maximum absolute atomic E-state index is 13.4. The summed E-state index contributed by atoms with van der Waals surface area (Å²) < 4.78 is 48.6. The Morgan fingerprint density at radius 2 is 1.71 bits per heavy atom. The van der Waals surface area contributed by atoms with Crippen LogP contribution in [0.1, 0.15) is 6.92 Å². The lowest BCUT2D eigenvalue weighted by Gasteiger charge is -2.11. The molecule has 1 aromatic heterocycles. The molecular weight excluding hydrogens is 417 g/mol. The Hall–Kier alpha value is -3.23. The van der Waals surface area contributed by atoms with E-state index in [1.807, 2.05) is 35.8 Å². The van der Waals surface area contributed by atoms with Crippen molar-refractivity contribution in [2.24, 2.45) is 0 Å². The van der Waals surface area contributed by atoms with Crippen molar-refractivity contribution in [1.82, 2.24) is 14.3 Å². The molecule has 0 aliphatic rings. The molecule has 0 aliphatic heterocycles. The first-order valence-electron chi connectivity index (χ1n) is 9.91. The van der Waals surface area contributed by atoms with Crippen LogP contribution in [0.2, 0.25) is 0 Å². The zero-order chi connectivity index (χ0) is 21.8. The number of benzene rings is 3. The van der Waals surface area contributed by atoms with E-state index < -0.39 is 10.0 Å². The zero-order valence-corrected chi connectivity index (χ0v) is 17.8. The van der Waals surface area contributed by atoms with Gasteiger partial charge in [-0.3, -0.25) is 0 Å². The van der Waals surface area contributed by atoms with Gasteiger partial charge in [0.15, 0.2) is 0 Å². The maximum Gasteiger partial charge on any atom is 0.240 e. The summed E-state index contributed by atoms with van der Waals surface area (Å²) in [6, 6.07) is 20.0. The maximum atomic E-state index is 13.4. The number of hydrogen-bond acceptors (Lipinski definition) is 4. The largest absolute Gasteiger partial charge is 0.494 e. The van der Waals surface area contributed by atoms with Crippen LogP contribution in [0.5, 0.6) is 5.75 Å². The second kappa shape index (κ2) is 8.87. The number of nitrogens with one attached hydrogen (secondary N) is 1. The van der Waals surface area contributed by atoms with Crippen LogP contribution in [-0.4, -0.2) is 31.1 Å². The molecule has 0 fully saturated rings. The molecule has 160 valence electrons. The molecule has 4 rings (SSSR count). The first kappa shape index (κ1) is 21.0. The van der Waals surface area contributed by atoms with Crippen molar-refractivity contribution in [2.75, 3.05) is 13.2 Å². The number of hydrogen-bond donors (Lipinski definition) is 1. The van der Waals surface area contributed by atoms with E-state index in [9.17, 15) is 12.8 Å². The Morgan fingerprint density at radius 3 is 2.42 bits per heavy atom. The van der Waals surface area contributed by atoms with Crippen LogP contribution >= 0.6 is 0 Å². The van der Waals surface area contributed by atoms with E-state index in [4.69, 9.17) is 4.74 Å². The number of nitrogens with zero attached hydrogens (tertiary/aromatic N) is 2. The van der Waals surface area contributed by atoms with E-state index in [2.05, 4.69) is 9.71 Å². The van der Waals surface area contributed by atoms with Crippen molar-refractivity contribution in [3.63, 3.8) is 0 Å². The van der Waals surface area contributed by atoms with Gasteiger partial charge < -0.3 is 9.30 Å². The highest BCUT2D eigenvalue weighted by atomic mass is 32.2. The monoisotopic (exact) mass is 439 g/mol. The molecule has 1 heterocycles.